The van der Waals surface area contributed by atoms with Gasteiger partial charge in [0, 0.05) is 81.1 Å². The first kappa shape index (κ1) is 52.3. The van der Waals surface area contributed by atoms with E-state index in [1.54, 1.807) is 25.4 Å². The minimum atomic E-state index is -4.59. The highest BCUT2D eigenvalue weighted by Gasteiger charge is 2.50. The Labute approximate surface area is 444 Å². The quantitative estimate of drug-likeness (QED) is 0.0581. The number of sulfonamides is 1. The van der Waals surface area contributed by atoms with E-state index in [4.69, 9.17) is 9.47 Å². The molecule has 1 unspecified atom stereocenters. The normalized spacial score (nSPS) is 21.5. The molecule has 0 radical (unpaired) electrons. The lowest BCUT2D eigenvalue weighted by Gasteiger charge is -2.58. The second-order valence-electron chi connectivity index (χ2n) is 21.7. The van der Waals surface area contributed by atoms with Crippen LogP contribution in [0.2, 0.25) is 0 Å². The van der Waals surface area contributed by atoms with Crippen molar-refractivity contribution < 1.29 is 32.7 Å². The van der Waals surface area contributed by atoms with E-state index in [0.717, 1.165) is 106 Å². The van der Waals surface area contributed by atoms with Crippen LogP contribution in [-0.4, -0.2) is 97.2 Å². The Morgan fingerprint density at radius 3 is 2.41 bits per heavy atom. The molecule has 3 N–H and O–H groups in total. The van der Waals surface area contributed by atoms with E-state index in [1.807, 2.05) is 42.6 Å². The van der Waals surface area contributed by atoms with Gasteiger partial charge >= 0.3 is 0 Å². The van der Waals surface area contributed by atoms with E-state index < -0.39 is 37.0 Å². The lowest BCUT2D eigenvalue weighted by molar-refractivity contribution is -0.384. The first-order chi connectivity index (χ1) is 36.1. The number of anilines is 2. The summed E-state index contributed by atoms with van der Waals surface area (Å²) in [6, 6.07) is 30.8. The van der Waals surface area contributed by atoms with E-state index >= 15 is 0 Å². The first-order valence-corrected chi connectivity index (χ1v) is 28.9. The highest BCUT2D eigenvalue weighted by molar-refractivity contribution is 7.90. The number of aromatic nitrogens is 1. The topological polar surface area (TPSA) is 180 Å². The maximum absolute atomic E-state index is 14.1. The van der Waals surface area contributed by atoms with Gasteiger partial charge in [-0.1, -0.05) is 57.2 Å². The summed E-state index contributed by atoms with van der Waals surface area (Å²) < 4.78 is 41.8. The molecule has 75 heavy (non-hydrogen) atoms. The molecule has 1 spiro atoms. The van der Waals surface area contributed by atoms with Crippen LogP contribution >= 0.6 is 11.3 Å². The monoisotopic (exact) mass is 1060 g/mol. The van der Waals surface area contributed by atoms with Crippen LogP contribution in [0.4, 0.5) is 17.1 Å². The third kappa shape index (κ3) is 11.5. The van der Waals surface area contributed by atoms with E-state index in [-0.39, 0.29) is 28.3 Å². The number of aliphatic hydroxyl groups is 1. The minimum absolute atomic E-state index is 0.0176. The highest BCUT2D eigenvalue weighted by atomic mass is 32.2. The predicted octanol–water partition coefficient (Wildman–Crippen LogP) is 11.3. The van der Waals surface area contributed by atoms with Crippen molar-refractivity contribution in [2.45, 2.75) is 114 Å². The number of pyridine rings is 1. The molecule has 4 fully saturated rings. The Bertz CT molecular complexity index is 3120. The van der Waals surface area contributed by atoms with Crippen LogP contribution in [0.15, 0.2) is 114 Å². The number of ether oxygens (including phenoxy) is 2. The van der Waals surface area contributed by atoms with Crippen LogP contribution in [0.3, 0.4) is 0 Å². The molecule has 6 aromatic rings. The lowest BCUT2D eigenvalue weighted by Crippen LogP contribution is -2.60. The summed E-state index contributed by atoms with van der Waals surface area (Å²) >= 11 is 1.50. The van der Waals surface area contributed by atoms with Crippen LogP contribution in [0, 0.1) is 21.4 Å². The third-order valence-corrected chi connectivity index (χ3v) is 18.9. The standard InChI is InChI=1S/C58H69N7O8S2/c1-5-58(67)21-18-40(19-22-58)35-59-51-17-15-47(32-52(51)65(68)69)75(70,71)61-55(66)50-16-12-43(31-54(50)73-46-30-42-20-29-74-56(42)60-36-46)63-25-23-57(24-26-63)33-44(34-57)64-28-27-62(37-41-10-13-45(72-4)14-11-41)38-53(64)49-9-7-6-8-48(49)39(2)3/h6-17,20,29-32,36,39-40,44,53,59,67H,5,18-19,21-28,33-35,37-38H2,1-4H3,(H,61,66). The minimum Gasteiger partial charge on any atom is -0.497 e. The van der Waals surface area contributed by atoms with Gasteiger partial charge in [0.15, 0.2) is 0 Å². The Hall–Kier alpha value is -6.11. The fraction of sp³-hybridized carbons (Fsp3) is 0.448. The first-order valence-electron chi connectivity index (χ1n) is 26.5. The number of nitrogens with one attached hydrogen (secondary N) is 2. The molecule has 2 saturated carbocycles. The summed E-state index contributed by atoms with van der Waals surface area (Å²) in [4.78, 5) is 38.5. The number of carbonyl (C=O) groups excluding carboxylic acids is 1. The Morgan fingerprint density at radius 1 is 0.933 bits per heavy atom. The number of piperazine rings is 1. The largest absolute Gasteiger partial charge is 0.497 e. The number of piperidine rings is 1. The molecular formula is C58H69N7O8S2. The fourth-order valence-corrected chi connectivity index (χ4v) is 13.8. The lowest BCUT2D eigenvalue weighted by atomic mass is 9.59. The molecular weight excluding hydrogens is 987 g/mol. The molecule has 1 amide bonds. The summed E-state index contributed by atoms with van der Waals surface area (Å²) in [6.45, 7) is 12.5. The third-order valence-electron chi connectivity index (χ3n) is 16.7. The molecule has 4 aliphatic rings. The summed E-state index contributed by atoms with van der Waals surface area (Å²) in [6.07, 6.45) is 9.47. The van der Waals surface area contributed by atoms with Crippen molar-refractivity contribution >= 4 is 54.5 Å². The molecule has 1 atom stereocenters. The van der Waals surface area contributed by atoms with E-state index in [9.17, 15) is 28.4 Å². The SMILES string of the molecule is CCC1(O)CCC(CNc2ccc(S(=O)(=O)NC(=O)c3ccc(N4CCC5(CC4)CC(N4CCN(Cc6ccc(OC)cc6)CC4c4ccccc4C(C)C)C5)cc3Oc3cnc4sccc4c3)cc2[N+](=O)[O-])CC1. The van der Waals surface area contributed by atoms with Crippen molar-refractivity contribution in [2.24, 2.45) is 11.3 Å². The van der Waals surface area contributed by atoms with Gasteiger partial charge in [0.25, 0.3) is 21.6 Å². The van der Waals surface area contributed by atoms with E-state index in [1.165, 1.54) is 40.2 Å². The van der Waals surface area contributed by atoms with Crippen LogP contribution < -0.4 is 24.4 Å². The van der Waals surface area contributed by atoms with Gasteiger partial charge in [0.2, 0.25) is 0 Å². The molecule has 396 valence electrons. The Morgan fingerprint density at radius 2 is 1.69 bits per heavy atom. The number of methoxy groups -OCH3 is 1. The van der Waals surface area contributed by atoms with Crippen LogP contribution in [-0.2, 0) is 16.6 Å². The number of amides is 1. The summed E-state index contributed by atoms with van der Waals surface area (Å²) in [5.41, 5.74) is 4.30. The van der Waals surface area contributed by atoms with Crippen molar-refractivity contribution in [2.75, 3.05) is 56.6 Å². The number of thiophene rings is 1. The molecule has 4 aromatic carbocycles. The van der Waals surface area contributed by atoms with Gasteiger partial charge in [-0.25, -0.2) is 18.1 Å². The molecule has 0 bridgehead atoms. The number of nitrogens with zero attached hydrogens (tertiary/aromatic N) is 5. The maximum Gasteiger partial charge on any atom is 0.293 e. The highest BCUT2D eigenvalue weighted by Crippen LogP contribution is 2.53. The smallest absolute Gasteiger partial charge is 0.293 e. The van der Waals surface area contributed by atoms with Crippen molar-refractivity contribution in [1.82, 2.24) is 19.5 Å². The van der Waals surface area contributed by atoms with Gasteiger partial charge in [-0.3, -0.25) is 24.7 Å². The van der Waals surface area contributed by atoms with Crippen molar-refractivity contribution in [3.05, 3.63) is 141 Å². The number of nitro benzene ring substituents is 1. The second-order valence-corrected chi connectivity index (χ2v) is 24.3. The van der Waals surface area contributed by atoms with E-state index in [2.05, 4.69) is 80.0 Å². The van der Waals surface area contributed by atoms with Gasteiger partial charge in [-0.05, 0) is 146 Å². The van der Waals surface area contributed by atoms with Crippen molar-refractivity contribution in [3.8, 4) is 17.2 Å². The molecule has 17 heteroatoms. The number of benzene rings is 4. The van der Waals surface area contributed by atoms with Crippen molar-refractivity contribution in [1.29, 1.82) is 0 Å². The fourth-order valence-electron chi connectivity index (χ4n) is 12.1. The molecule has 15 nitrogen and oxygen atoms in total. The van der Waals surface area contributed by atoms with Gasteiger partial charge in [0.1, 0.15) is 27.8 Å². The predicted molar refractivity (Wildman–Crippen MR) is 295 cm³/mol. The maximum atomic E-state index is 14.1. The van der Waals surface area contributed by atoms with E-state index in [0.29, 0.717) is 49.6 Å². The van der Waals surface area contributed by atoms with Gasteiger partial charge < -0.3 is 24.8 Å². The Kier molecular flexibility index (Phi) is 15.3. The van der Waals surface area contributed by atoms with Gasteiger partial charge in [-0.15, -0.1) is 11.3 Å². The van der Waals surface area contributed by atoms with Crippen LogP contribution in [0.1, 0.15) is 118 Å². The summed E-state index contributed by atoms with van der Waals surface area (Å²) in [5, 5.41) is 28.9. The number of fused-ring (bicyclic) bond motifs is 1. The molecule has 2 saturated heterocycles. The summed E-state index contributed by atoms with van der Waals surface area (Å²) in [7, 11) is -2.88. The zero-order valence-corrected chi connectivity index (χ0v) is 45.0. The number of rotatable bonds is 17. The average molecular weight is 1060 g/mol. The molecule has 10 rings (SSSR count). The van der Waals surface area contributed by atoms with Gasteiger partial charge in [0.05, 0.1) is 34.3 Å². The number of hydrogen-bond acceptors (Lipinski definition) is 14. The molecule has 4 heterocycles. The molecule has 2 aliphatic heterocycles. The van der Waals surface area contributed by atoms with Crippen molar-refractivity contribution in [3.63, 3.8) is 0 Å². The second kappa shape index (κ2) is 21.9. The molecule has 2 aromatic heterocycles. The van der Waals surface area contributed by atoms with Gasteiger partial charge in [-0.2, -0.15) is 0 Å². The number of carbonyl (C=O) groups is 1. The number of hydrogen-bond donors (Lipinski definition) is 3. The van der Waals surface area contributed by atoms with Crippen LogP contribution in [0.25, 0.3) is 10.2 Å². The van der Waals surface area contributed by atoms with Crippen LogP contribution in [0.5, 0.6) is 17.2 Å². The summed E-state index contributed by atoms with van der Waals surface area (Å²) in [5.74, 6) is 1.09. The zero-order chi connectivity index (χ0) is 52.5. The average Bonchev–Trinajstić information content (AvgIpc) is 3.88. The Balaban J connectivity index is 0.827. The number of nitro groups is 1. The molecule has 2 aliphatic carbocycles. The zero-order valence-electron chi connectivity index (χ0n) is 43.4.